The standard InChI is InChI=1S/C33H28N2O3S/c1-23-8-6-7-11-28(23)21-38-30-18-12-24(20-31(30)37-2)13-19-32(36)35-33-34-29(22-39-33)27-16-14-26(15-17-27)25-9-4-3-5-10-25/h3-20,22H,21H2,1-2H3,(H,34,35,36). The van der Waals surface area contributed by atoms with Crippen molar-refractivity contribution >= 4 is 28.5 Å². The van der Waals surface area contributed by atoms with Crippen LogP contribution in [0.2, 0.25) is 0 Å². The average Bonchev–Trinajstić information content (AvgIpc) is 3.44. The summed E-state index contributed by atoms with van der Waals surface area (Å²) in [6.45, 7) is 2.51. The largest absolute Gasteiger partial charge is 0.493 e. The Morgan fingerprint density at radius 3 is 2.36 bits per heavy atom. The van der Waals surface area contributed by atoms with Crippen LogP contribution in [0.5, 0.6) is 11.5 Å². The van der Waals surface area contributed by atoms with Crippen molar-refractivity contribution in [2.75, 3.05) is 12.4 Å². The molecule has 5 nitrogen and oxygen atoms in total. The maximum absolute atomic E-state index is 12.6. The van der Waals surface area contributed by atoms with Gasteiger partial charge in [0, 0.05) is 17.0 Å². The molecular formula is C33H28N2O3S. The highest BCUT2D eigenvalue weighted by Gasteiger charge is 2.09. The molecule has 1 aromatic heterocycles. The molecule has 0 radical (unpaired) electrons. The molecule has 39 heavy (non-hydrogen) atoms. The Morgan fingerprint density at radius 1 is 0.872 bits per heavy atom. The van der Waals surface area contributed by atoms with E-state index in [-0.39, 0.29) is 5.91 Å². The summed E-state index contributed by atoms with van der Waals surface area (Å²) >= 11 is 1.39. The smallest absolute Gasteiger partial charge is 0.250 e. The van der Waals surface area contributed by atoms with Crippen molar-refractivity contribution in [2.45, 2.75) is 13.5 Å². The lowest BCUT2D eigenvalue weighted by atomic mass is 10.0. The van der Waals surface area contributed by atoms with Crippen LogP contribution in [0.25, 0.3) is 28.5 Å². The van der Waals surface area contributed by atoms with Crippen LogP contribution < -0.4 is 14.8 Å². The third kappa shape index (κ3) is 6.61. The summed E-state index contributed by atoms with van der Waals surface area (Å²) in [5.74, 6) is 0.998. The van der Waals surface area contributed by atoms with E-state index in [1.165, 1.54) is 28.5 Å². The van der Waals surface area contributed by atoms with Crippen molar-refractivity contribution in [1.82, 2.24) is 4.98 Å². The second-order valence-electron chi connectivity index (χ2n) is 8.93. The molecule has 0 spiro atoms. The van der Waals surface area contributed by atoms with E-state index in [0.717, 1.165) is 27.9 Å². The van der Waals surface area contributed by atoms with Gasteiger partial charge >= 0.3 is 0 Å². The molecule has 5 aromatic rings. The Balaban J connectivity index is 1.19. The van der Waals surface area contributed by atoms with Crippen molar-refractivity contribution in [2.24, 2.45) is 0 Å². The van der Waals surface area contributed by atoms with E-state index in [9.17, 15) is 4.79 Å². The number of hydrogen-bond acceptors (Lipinski definition) is 5. The number of aromatic nitrogens is 1. The number of ether oxygens (including phenoxy) is 2. The quantitative estimate of drug-likeness (QED) is 0.195. The minimum absolute atomic E-state index is 0.255. The number of carbonyl (C=O) groups is 1. The summed E-state index contributed by atoms with van der Waals surface area (Å²) < 4.78 is 11.5. The molecule has 0 aliphatic carbocycles. The van der Waals surface area contributed by atoms with Crippen LogP contribution in [0.4, 0.5) is 5.13 Å². The van der Waals surface area contributed by atoms with Crippen molar-refractivity contribution < 1.29 is 14.3 Å². The summed E-state index contributed by atoms with van der Waals surface area (Å²) in [5, 5.41) is 5.34. The first-order valence-electron chi connectivity index (χ1n) is 12.5. The Kier molecular flexibility index (Phi) is 8.15. The molecule has 0 aliphatic rings. The molecule has 0 unspecified atom stereocenters. The molecule has 4 aromatic carbocycles. The molecule has 0 aliphatic heterocycles. The molecular weight excluding hydrogens is 504 g/mol. The second-order valence-corrected chi connectivity index (χ2v) is 9.79. The van der Waals surface area contributed by atoms with Gasteiger partial charge in [0.25, 0.3) is 0 Å². The van der Waals surface area contributed by atoms with Gasteiger partial charge in [-0.2, -0.15) is 0 Å². The average molecular weight is 533 g/mol. The maximum Gasteiger partial charge on any atom is 0.250 e. The van der Waals surface area contributed by atoms with E-state index in [4.69, 9.17) is 9.47 Å². The Morgan fingerprint density at radius 2 is 1.59 bits per heavy atom. The van der Waals surface area contributed by atoms with Gasteiger partial charge in [-0.1, -0.05) is 84.9 Å². The predicted octanol–water partition coefficient (Wildman–Crippen LogP) is 8.03. The van der Waals surface area contributed by atoms with Gasteiger partial charge in [-0.15, -0.1) is 11.3 Å². The zero-order valence-electron chi connectivity index (χ0n) is 21.8. The Bertz CT molecular complexity index is 1590. The number of thiazole rings is 1. The second kappa shape index (κ2) is 12.2. The molecule has 0 saturated heterocycles. The number of anilines is 1. The molecule has 5 rings (SSSR count). The van der Waals surface area contributed by atoms with E-state index in [1.54, 1.807) is 13.2 Å². The molecule has 1 N–H and O–H groups in total. The molecule has 0 saturated carbocycles. The van der Waals surface area contributed by atoms with Crippen LogP contribution in [0.15, 0.2) is 109 Å². The molecule has 194 valence electrons. The molecule has 1 amide bonds. The van der Waals surface area contributed by atoms with Crippen LogP contribution in [-0.4, -0.2) is 18.0 Å². The van der Waals surface area contributed by atoms with Crippen molar-refractivity contribution in [3.8, 4) is 33.9 Å². The van der Waals surface area contributed by atoms with Crippen molar-refractivity contribution in [3.05, 3.63) is 125 Å². The molecule has 0 atom stereocenters. The monoisotopic (exact) mass is 532 g/mol. The SMILES string of the molecule is COc1cc(C=CC(=O)Nc2nc(-c3ccc(-c4ccccc4)cc3)cs2)ccc1OCc1ccccc1C. The first kappa shape index (κ1) is 25.9. The number of hydrogen-bond donors (Lipinski definition) is 1. The van der Waals surface area contributed by atoms with Crippen LogP contribution >= 0.6 is 11.3 Å². The molecule has 0 bridgehead atoms. The molecule has 6 heteroatoms. The fourth-order valence-electron chi connectivity index (χ4n) is 4.08. The van der Waals surface area contributed by atoms with Gasteiger partial charge in [-0.25, -0.2) is 4.98 Å². The van der Waals surface area contributed by atoms with Crippen molar-refractivity contribution in [3.63, 3.8) is 0 Å². The first-order chi connectivity index (χ1) is 19.1. The highest BCUT2D eigenvalue weighted by Crippen LogP contribution is 2.30. The van der Waals surface area contributed by atoms with E-state index >= 15 is 0 Å². The van der Waals surface area contributed by atoms with E-state index in [2.05, 4.69) is 47.6 Å². The number of nitrogens with zero attached hydrogens (tertiary/aromatic N) is 1. The summed E-state index contributed by atoms with van der Waals surface area (Å²) in [6, 6.07) is 32.2. The van der Waals surface area contributed by atoms with Gasteiger partial charge in [0.2, 0.25) is 5.91 Å². The molecule has 1 heterocycles. The normalized spacial score (nSPS) is 10.9. The van der Waals surface area contributed by atoms with E-state index in [1.807, 2.05) is 72.1 Å². The number of methoxy groups -OCH3 is 1. The lowest BCUT2D eigenvalue weighted by molar-refractivity contribution is -0.111. The van der Waals surface area contributed by atoms with Gasteiger partial charge in [0.05, 0.1) is 12.8 Å². The third-order valence-corrected chi connectivity index (χ3v) is 7.04. The fourth-order valence-corrected chi connectivity index (χ4v) is 4.80. The minimum atomic E-state index is -0.255. The minimum Gasteiger partial charge on any atom is -0.493 e. The Hall–Kier alpha value is -4.68. The van der Waals surface area contributed by atoms with Gasteiger partial charge in [-0.3, -0.25) is 10.1 Å². The summed E-state index contributed by atoms with van der Waals surface area (Å²) in [4.78, 5) is 17.1. The fraction of sp³-hybridized carbons (Fsp3) is 0.0909. The van der Waals surface area contributed by atoms with Gasteiger partial charge in [0.1, 0.15) is 6.61 Å². The molecule has 0 fully saturated rings. The van der Waals surface area contributed by atoms with Crippen molar-refractivity contribution in [1.29, 1.82) is 0 Å². The predicted molar refractivity (Wildman–Crippen MR) is 159 cm³/mol. The zero-order valence-corrected chi connectivity index (χ0v) is 22.6. The maximum atomic E-state index is 12.6. The van der Waals surface area contributed by atoms with Crippen LogP contribution in [0, 0.1) is 6.92 Å². The summed E-state index contributed by atoms with van der Waals surface area (Å²) in [5.41, 5.74) is 7.26. The van der Waals surface area contributed by atoms with E-state index < -0.39 is 0 Å². The Labute approximate surface area is 232 Å². The number of amides is 1. The zero-order chi connectivity index (χ0) is 27.0. The third-order valence-electron chi connectivity index (χ3n) is 6.28. The number of aryl methyl sites for hydroxylation is 1. The highest BCUT2D eigenvalue weighted by atomic mass is 32.1. The number of benzene rings is 4. The highest BCUT2D eigenvalue weighted by molar-refractivity contribution is 7.14. The number of carbonyl (C=O) groups excluding carboxylic acids is 1. The van der Waals surface area contributed by atoms with Gasteiger partial charge in [0.15, 0.2) is 16.6 Å². The number of nitrogens with one attached hydrogen (secondary N) is 1. The topological polar surface area (TPSA) is 60.5 Å². The van der Waals surface area contributed by atoms with Gasteiger partial charge < -0.3 is 9.47 Å². The lowest BCUT2D eigenvalue weighted by Crippen LogP contribution is -2.07. The lowest BCUT2D eigenvalue weighted by Gasteiger charge is -2.12. The van der Waals surface area contributed by atoms with Crippen LogP contribution in [0.1, 0.15) is 16.7 Å². The summed E-state index contributed by atoms with van der Waals surface area (Å²) in [6.07, 6.45) is 3.22. The van der Waals surface area contributed by atoms with Crippen LogP contribution in [0.3, 0.4) is 0 Å². The summed E-state index contributed by atoms with van der Waals surface area (Å²) in [7, 11) is 1.60. The first-order valence-corrected chi connectivity index (χ1v) is 13.4. The van der Waals surface area contributed by atoms with Crippen LogP contribution in [-0.2, 0) is 11.4 Å². The van der Waals surface area contributed by atoms with Gasteiger partial charge in [-0.05, 0) is 52.9 Å². The number of rotatable bonds is 9. The van der Waals surface area contributed by atoms with E-state index in [0.29, 0.717) is 23.2 Å².